The molecule has 2 N–H and O–H groups in total. The fourth-order valence-electron chi connectivity index (χ4n) is 5.72. The van der Waals surface area contributed by atoms with Crippen molar-refractivity contribution in [3.8, 4) is 6.01 Å². The van der Waals surface area contributed by atoms with Crippen LogP contribution in [0.1, 0.15) is 66.0 Å². The number of cyclic esters (lactones) is 1. The quantitative estimate of drug-likeness (QED) is 0.288. The number of anilines is 1. The number of aryl methyl sites for hydroxylation is 1. The van der Waals surface area contributed by atoms with Gasteiger partial charge in [-0.25, -0.2) is 13.6 Å². The van der Waals surface area contributed by atoms with Gasteiger partial charge in [-0.05, 0) is 39.6 Å². The van der Waals surface area contributed by atoms with E-state index in [0.717, 1.165) is 0 Å². The van der Waals surface area contributed by atoms with Gasteiger partial charge in [-0.3, -0.25) is 5.10 Å². The van der Waals surface area contributed by atoms with E-state index in [1.165, 1.54) is 26.3 Å². The molecule has 0 spiro atoms. The van der Waals surface area contributed by atoms with E-state index in [0.29, 0.717) is 43.2 Å². The topological polar surface area (TPSA) is 109 Å². The Bertz CT molecular complexity index is 1510. The maximum absolute atomic E-state index is 14.1. The molecule has 0 radical (unpaired) electrons. The summed E-state index contributed by atoms with van der Waals surface area (Å²) in [6.07, 6.45) is -4.50. The van der Waals surface area contributed by atoms with Gasteiger partial charge in [-0.15, -0.1) is 0 Å². The van der Waals surface area contributed by atoms with Crippen molar-refractivity contribution in [3.05, 3.63) is 40.2 Å². The van der Waals surface area contributed by atoms with Gasteiger partial charge in [-0.2, -0.15) is 28.2 Å². The monoisotopic (exact) mass is 641 g/mol. The maximum Gasteiger partial charge on any atom is 0.417 e. The lowest BCUT2D eigenvalue weighted by Crippen LogP contribution is -2.50. The number of alkyl halides is 5. The van der Waals surface area contributed by atoms with Crippen LogP contribution in [-0.4, -0.2) is 90.4 Å². The summed E-state index contributed by atoms with van der Waals surface area (Å²) in [6.45, 7) is 9.79. The molecule has 4 heterocycles. The van der Waals surface area contributed by atoms with E-state index in [-0.39, 0.29) is 52.9 Å². The predicted octanol–water partition coefficient (Wildman–Crippen LogP) is 5.17. The summed E-state index contributed by atoms with van der Waals surface area (Å²) in [5, 5.41) is 10.2. The molecule has 1 aliphatic carbocycles. The van der Waals surface area contributed by atoms with Crippen LogP contribution in [0.25, 0.3) is 10.9 Å². The van der Waals surface area contributed by atoms with Crippen molar-refractivity contribution in [1.29, 1.82) is 0 Å². The van der Waals surface area contributed by atoms with Crippen LogP contribution in [0.4, 0.5) is 27.8 Å². The van der Waals surface area contributed by atoms with Gasteiger partial charge in [0.15, 0.2) is 5.82 Å². The van der Waals surface area contributed by atoms with Crippen molar-refractivity contribution in [2.45, 2.75) is 64.8 Å². The second kappa shape index (κ2) is 13.4. The first-order valence-electron chi connectivity index (χ1n) is 14.9. The number of rotatable bonds is 5. The Balaban J connectivity index is 0.000000358. The molecule has 1 saturated carbocycles. The molecule has 15 heteroatoms. The lowest BCUT2D eigenvalue weighted by molar-refractivity contribution is -0.139. The number of aromatic amines is 1. The van der Waals surface area contributed by atoms with Crippen molar-refractivity contribution < 1.29 is 36.2 Å². The van der Waals surface area contributed by atoms with Gasteiger partial charge in [-0.1, -0.05) is 13.8 Å². The highest BCUT2D eigenvalue weighted by Gasteiger charge is 2.56. The number of nitrogens with one attached hydrogen (secondary N) is 2. The molecule has 3 aliphatic rings. The number of nitrogens with zero attached hydrogens (tertiary/aromatic N) is 5. The molecule has 248 valence electrons. The standard InChI is InChI=1S/C22H23F3N6O3.C6H11F2N.C2H6/c1-10-6-13-12(8-27-30-13)16(18(10)22(23,24)25)15-7-14-17(20(32)34-15)19(29-21(28-14)33-3)31-5-4-26-11(2)9-31;1-9(2)4-5-3-6(5,7)8;1-2/h6,8,11,15,26H,4-5,7,9H2,1-3H3,(H,27,30);5H,3-4H2,1-2H3;1-2H3. The van der Waals surface area contributed by atoms with Crippen molar-refractivity contribution in [2.75, 3.05) is 52.3 Å². The van der Waals surface area contributed by atoms with E-state index in [2.05, 4.69) is 25.5 Å². The first-order valence-corrected chi connectivity index (χ1v) is 14.9. The normalized spacial score (nSPS) is 22.1. The Labute approximate surface area is 258 Å². The molecule has 2 aromatic heterocycles. The Hall–Kier alpha value is -3.59. The zero-order chi connectivity index (χ0) is 33.3. The van der Waals surface area contributed by atoms with Gasteiger partial charge < -0.3 is 24.6 Å². The van der Waals surface area contributed by atoms with Gasteiger partial charge in [0.2, 0.25) is 0 Å². The number of aromatic nitrogens is 4. The molecular formula is C30H40F5N7O3. The summed E-state index contributed by atoms with van der Waals surface area (Å²) in [5.74, 6) is -3.11. The van der Waals surface area contributed by atoms with Crippen molar-refractivity contribution in [2.24, 2.45) is 5.92 Å². The molecule has 45 heavy (non-hydrogen) atoms. The molecule has 10 nitrogen and oxygen atoms in total. The van der Waals surface area contributed by atoms with E-state index in [1.807, 2.05) is 39.8 Å². The number of benzene rings is 1. The van der Waals surface area contributed by atoms with Crippen LogP contribution in [0.2, 0.25) is 0 Å². The van der Waals surface area contributed by atoms with Crippen molar-refractivity contribution in [3.63, 3.8) is 0 Å². The van der Waals surface area contributed by atoms with Gasteiger partial charge in [0, 0.05) is 61.9 Å². The molecular weight excluding hydrogens is 601 g/mol. The molecule has 0 amide bonds. The van der Waals surface area contributed by atoms with Gasteiger partial charge in [0.05, 0.1) is 30.1 Å². The highest BCUT2D eigenvalue weighted by molar-refractivity contribution is 5.97. The van der Waals surface area contributed by atoms with E-state index in [9.17, 15) is 26.7 Å². The van der Waals surface area contributed by atoms with Crippen LogP contribution in [0, 0.1) is 12.8 Å². The van der Waals surface area contributed by atoms with Crippen LogP contribution in [0.15, 0.2) is 12.3 Å². The number of hydrogen-bond acceptors (Lipinski definition) is 9. The molecule has 1 saturated heterocycles. The highest BCUT2D eigenvalue weighted by atomic mass is 19.4. The summed E-state index contributed by atoms with van der Waals surface area (Å²) in [7, 11) is 5.03. The van der Waals surface area contributed by atoms with Crippen LogP contribution in [0.5, 0.6) is 6.01 Å². The molecule has 3 atom stereocenters. The molecule has 2 aliphatic heterocycles. The summed E-state index contributed by atoms with van der Waals surface area (Å²) in [4.78, 5) is 25.7. The molecule has 2 fully saturated rings. The molecule has 6 rings (SSSR count). The number of carbonyl (C=O) groups excluding carboxylic acids is 1. The number of halogens is 5. The van der Waals surface area contributed by atoms with Crippen LogP contribution >= 0.6 is 0 Å². The number of ether oxygens (including phenoxy) is 2. The Morgan fingerprint density at radius 2 is 1.91 bits per heavy atom. The van der Waals surface area contributed by atoms with E-state index in [1.54, 1.807) is 4.90 Å². The SMILES string of the molecule is CC.CN(C)CC1CC1(F)F.COc1nc2c(c(N3CCNC(C)C3)n1)C(=O)OC(c1c(C(F)(F)F)c(C)cc3[nH]ncc13)C2. The highest BCUT2D eigenvalue weighted by Crippen LogP contribution is 2.48. The fraction of sp³-hybridized carbons (Fsp3) is 0.600. The average Bonchev–Trinajstić information content (AvgIpc) is 3.32. The Morgan fingerprint density at radius 1 is 1.22 bits per heavy atom. The molecule has 0 bridgehead atoms. The summed E-state index contributed by atoms with van der Waals surface area (Å²) in [6, 6.07) is 1.60. The Morgan fingerprint density at radius 3 is 2.47 bits per heavy atom. The number of esters is 1. The largest absolute Gasteiger partial charge is 0.467 e. The van der Waals surface area contributed by atoms with Crippen LogP contribution in [-0.2, 0) is 17.3 Å². The van der Waals surface area contributed by atoms with Crippen LogP contribution in [0.3, 0.4) is 0 Å². The second-order valence-electron chi connectivity index (χ2n) is 11.5. The first-order chi connectivity index (χ1) is 21.2. The molecule has 3 aromatic rings. The molecule has 3 unspecified atom stereocenters. The third kappa shape index (κ3) is 7.46. The van der Waals surface area contributed by atoms with Gasteiger partial charge in [0.1, 0.15) is 11.7 Å². The number of methoxy groups -OCH3 is 1. The number of hydrogen-bond donors (Lipinski definition) is 2. The minimum atomic E-state index is -4.65. The third-order valence-electron chi connectivity index (χ3n) is 7.76. The zero-order valence-electron chi connectivity index (χ0n) is 26.5. The minimum Gasteiger partial charge on any atom is -0.467 e. The number of fused-ring (bicyclic) bond motifs is 2. The number of carbonyl (C=O) groups is 1. The lowest BCUT2D eigenvalue weighted by Gasteiger charge is -2.35. The lowest BCUT2D eigenvalue weighted by atomic mass is 9.89. The molecule has 1 aromatic carbocycles. The van der Waals surface area contributed by atoms with E-state index < -0.39 is 29.7 Å². The van der Waals surface area contributed by atoms with Crippen molar-refractivity contribution >= 4 is 22.7 Å². The summed E-state index contributed by atoms with van der Waals surface area (Å²) < 4.78 is 77.5. The second-order valence-corrected chi connectivity index (χ2v) is 11.5. The summed E-state index contributed by atoms with van der Waals surface area (Å²) in [5.41, 5.74) is -0.0728. The fourth-order valence-corrected chi connectivity index (χ4v) is 5.72. The third-order valence-corrected chi connectivity index (χ3v) is 7.76. The minimum absolute atomic E-state index is 0.0110. The van der Waals surface area contributed by atoms with Crippen molar-refractivity contribution in [1.82, 2.24) is 30.4 Å². The Kier molecular flexibility index (Phi) is 10.2. The maximum atomic E-state index is 14.1. The summed E-state index contributed by atoms with van der Waals surface area (Å²) >= 11 is 0. The van der Waals surface area contributed by atoms with E-state index in [4.69, 9.17) is 9.47 Å². The van der Waals surface area contributed by atoms with Gasteiger partial charge in [0.25, 0.3) is 5.92 Å². The van der Waals surface area contributed by atoms with E-state index >= 15 is 0 Å². The van der Waals surface area contributed by atoms with Crippen LogP contribution < -0.4 is 15.0 Å². The van der Waals surface area contributed by atoms with Gasteiger partial charge >= 0.3 is 18.2 Å². The predicted molar refractivity (Wildman–Crippen MR) is 159 cm³/mol. The average molecular weight is 642 g/mol. The number of piperazine rings is 1. The first kappa shape index (κ1) is 34.3. The zero-order valence-corrected chi connectivity index (χ0v) is 26.5. The smallest absolute Gasteiger partial charge is 0.417 e. The number of H-pyrrole nitrogens is 1.